The van der Waals surface area contributed by atoms with Crippen LogP contribution in [-0.2, 0) is 17.9 Å². The molecule has 2 fully saturated rings. The molecule has 3 rings (SSSR count). The summed E-state index contributed by atoms with van der Waals surface area (Å²) in [7, 11) is 1.85. The maximum Gasteiger partial charge on any atom is 0.221 e. The quantitative estimate of drug-likeness (QED) is 0.423. The second-order valence-corrected chi connectivity index (χ2v) is 10.4. The van der Waals surface area contributed by atoms with Crippen LogP contribution in [0, 0.1) is 5.92 Å². The van der Waals surface area contributed by atoms with Gasteiger partial charge in [-0.3, -0.25) is 14.7 Å². The number of likely N-dealkylation sites (tertiary alicyclic amines) is 1. The summed E-state index contributed by atoms with van der Waals surface area (Å²) in [6.45, 7) is 5.66. The van der Waals surface area contributed by atoms with Crippen LogP contribution in [0.4, 0.5) is 0 Å². The number of carbonyl (C=O) groups excluding carboxylic acids is 1. The van der Waals surface area contributed by atoms with Gasteiger partial charge in [-0.2, -0.15) is 11.8 Å². The Bertz CT molecular complexity index is 738. The number of hydrogen-bond acceptors (Lipinski definition) is 4. The summed E-state index contributed by atoms with van der Waals surface area (Å²) in [5, 5.41) is 7.90. The van der Waals surface area contributed by atoms with Gasteiger partial charge in [-0.1, -0.05) is 37.6 Å². The molecule has 1 amide bonds. The van der Waals surface area contributed by atoms with Crippen LogP contribution in [0.15, 0.2) is 29.3 Å². The summed E-state index contributed by atoms with van der Waals surface area (Å²) >= 11 is 2.09. The van der Waals surface area contributed by atoms with E-state index in [9.17, 15) is 4.79 Å². The average Bonchev–Trinajstić information content (AvgIpc) is 2.77. The number of carbonyl (C=O) groups is 1. The lowest BCUT2D eigenvalue weighted by molar-refractivity contribution is -0.123. The Morgan fingerprint density at radius 2 is 2.10 bits per heavy atom. The standard InChI is InChI=1S/C24H39N5OS/c1-3-31-22-11-5-10-21(14-22)28-24(26-2)27-15-18-7-4-8-19(13-18)16-29-12-6-9-20(17-29)23(25)30/h4,7-8,13,20-22H,3,5-6,9-12,14-17H2,1-2H3,(H2,25,30)(H2,26,27,28). The van der Waals surface area contributed by atoms with E-state index in [4.69, 9.17) is 5.73 Å². The van der Waals surface area contributed by atoms with E-state index in [0.29, 0.717) is 6.04 Å². The molecule has 4 N–H and O–H groups in total. The first kappa shape index (κ1) is 23.9. The molecule has 0 aromatic heterocycles. The molecule has 1 saturated heterocycles. The van der Waals surface area contributed by atoms with E-state index >= 15 is 0 Å². The van der Waals surface area contributed by atoms with E-state index in [0.717, 1.165) is 50.2 Å². The molecule has 0 spiro atoms. The number of rotatable bonds is 8. The molecule has 2 aliphatic rings. The van der Waals surface area contributed by atoms with Gasteiger partial charge in [-0.15, -0.1) is 0 Å². The molecule has 1 heterocycles. The predicted octanol–water partition coefficient (Wildman–Crippen LogP) is 3.11. The average molecular weight is 446 g/mol. The third-order valence-electron chi connectivity index (χ3n) is 6.36. The zero-order valence-electron chi connectivity index (χ0n) is 19.1. The second-order valence-electron chi connectivity index (χ2n) is 8.81. The van der Waals surface area contributed by atoms with Gasteiger partial charge in [0.05, 0.1) is 5.92 Å². The zero-order valence-corrected chi connectivity index (χ0v) is 19.9. The molecule has 1 aliphatic carbocycles. The Kier molecular flexibility index (Phi) is 9.53. The van der Waals surface area contributed by atoms with Crippen LogP contribution in [0.3, 0.4) is 0 Å². The van der Waals surface area contributed by atoms with Crippen molar-refractivity contribution in [1.29, 1.82) is 0 Å². The van der Waals surface area contributed by atoms with Gasteiger partial charge in [0.25, 0.3) is 0 Å². The summed E-state index contributed by atoms with van der Waals surface area (Å²) in [6.07, 6.45) is 7.03. The highest BCUT2D eigenvalue weighted by Gasteiger charge is 2.24. The number of aliphatic imine (C=N–C) groups is 1. The first-order valence-corrected chi connectivity index (χ1v) is 12.8. The predicted molar refractivity (Wildman–Crippen MR) is 131 cm³/mol. The summed E-state index contributed by atoms with van der Waals surface area (Å²) in [5.41, 5.74) is 8.04. The van der Waals surface area contributed by atoms with Crippen LogP contribution >= 0.6 is 11.8 Å². The maximum absolute atomic E-state index is 11.5. The van der Waals surface area contributed by atoms with Crippen molar-refractivity contribution in [2.75, 3.05) is 25.9 Å². The molecule has 1 aliphatic heterocycles. The van der Waals surface area contributed by atoms with Crippen molar-refractivity contribution in [2.45, 2.75) is 69.8 Å². The van der Waals surface area contributed by atoms with E-state index < -0.39 is 0 Å². The lowest BCUT2D eigenvalue weighted by atomic mass is 9.95. The third-order valence-corrected chi connectivity index (χ3v) is 7.59. The Hall–Kier alpha value is -1.73. The number of benzene rings is 1. The summed E-state index contributed by atoms with van der Waals surface area (Å²) in [4.78, 5) is 18.3. The van der Waals surface area contributed by atoms with E-state index in [1.54, 1.807) is 0 Å². The number of nitrogens with zero attached hydrogens (tertiary/aromatic N) is 2. The number of guanidine groups is 1. The van der Waals surface area contributed by atoms with Crippen LogP contribution < -0.4 is 16.4 Å². The van der Waals surface area contributed by atoms with Crippen LogP contribution in [0.1, 0.15) is 56.6 Å². The number of amides is 1. The first-order chi connectivity index (χ1) is 15.1. The number of piperidine rings is 1. The summed E-state index contributed by atoms with van der Waals surface area (Å²) in [5.74, 6) is 1.90. The Balaban J connectivity index is 1.49. The Morgan fingerprint density at radius 1 is 1.26 bits per heavy atom. The minimum atomic E-state index is -0.167. The fourth-order valence-electron chi connectivity index (χ4n) is 4.76. The molecule has 1 saturated carbocycles. The zero-order chi connectivity index (χ0) is 22.1. The largest absolute Gasteiger partial charge is 0.369 e. The topological polar surface area (TPSA) is 82.8 Å². The van der Waals surface area contributed by atoms with Crippen LogP contribution in [0.25, 0.3) is 0 Å². The van der Waals surface area contributed by atoms with Gasteiger partial charge in [-0.25, -0.2) is 0 Å². The van der Waals surface area contributed by atoms with Gasteiger partial charge in [0.15, 0.2) is 5.96 Å². The molecule has 31 heavy (non-hydrogen) atoms. The smallest absolute Gasteiger partial charge is 0.221 e. The molecule has 3 unspecified atom stereocenters. The number of nitrogens with two attached hydrogens (primary N) is 1. The number of nitrogens with one attached hydrogen (secondary N) is 2. The SMILES string of the molecule is CCSC1CCCC(NC(=NC)NCc2cccc(CN3CCCC(C(N)=O)C3)c2)C1. The monoisotopic (exact) mass is 445 g/mol. The van der Waals surface area contributed by atoms with Crippen molar-refractivity contribution in [2.24, 2.45) is 16.6 Å². The lowest BCUT2D eigenvalue weighted by Gasteiger charge is -2.31. The highest BCUT2D eigenvalue weighted by Crippen LogP contribution is 2.28. The van der Waals surface area contributed by atoms with Crippen molar-refractivity contribution in [3.8, 4) is 0 Å². The fourth-order valence-corrected chi connectivity index (χ4v) is 5.94. The summed E-state index contributed by atoms with van der Waals surface area (Å²) in [6, 6.07) is 9.19. The molecule has 6 nitrogen and oxygen atoms in total. The van der Waals surface area contributed by atoms with Crippen LogP contribution in [-0.4, -0.2) is 53.9 Å². The van der Waals surface area contributed by atoms with Gasteiger partial charge in [0, 0.05) is 38.0 Å². The van der Waals surface area contributed by atoms with Crippen LogP contribution in [0.5, 0.6) is 0 Å². The second kappa shape index (κ2) is 12.3. The highest BCUT2D eigenvalue weighted by atomic mass is 32.2. The van der Waals surface area contributed by atoms with Gasteiger partial charge >= 0.3 is 0 Å². The molecular weight excluding hydrogens is 406 g/mol. The molecule has 1 aromatic rings. The fraction of sp³-hybridized carbons (Fsp3) is 0.667. The summed E-state index contributed by atoms with van der Waals surface area (Å²) < 4.78 is 0. The molecule has 3 atom stereocenters. The van der Waals surface area contributed by atoms with Crippen molar-refractivity contribution in [3.05, 3.63) is 35.4 Å². The van der Waals surface area contributed by atoms with Crippen molar-refractivity contribution in [1.82, 2.24) is 15.5 Å². The van der Waals surface area contributed by atoms with Crippen LogP contribution in [0.2, 0.25) is 0 Å². The number of hydrogen-bond donors (Lipinski definition) is 3. The molecule has 1 aromatic carbocycles. The van der Waals surface area contributed by atoms with E-state index in [-0.39, 0.29) is 11.8 Å². The van der Waals surface area contributed by atoms with Gasteiger partial charge in [0.1, 0.15) is 0 Å². The van der Waals surface area contributed by atoms with Gasteiger partial charge < -0.3 is 16.4 Å². The van der Waals surface area contributed by atoms with Crippen molar-refractivity contribution in [3.63, 3.8) is 0 Å². The van der Waals surface area contributed by atoms with Gasteiger partial charge in [-0.05, 0) is 55.5 Å². The molecular formula is C24H39N5OS. The molecule has 0 radical (unpaired) electrons. The van der Waals surface area contributed by atoms with E-state index in [1.165, 1.54) is 42.6 Å². The van der Waals surface area contributed by atoms with E-state index in [1.807, 2.05) is 7.05 Å². The minimum absolute atomic E-state index is 0.0110. The first-order valence-electron chi connectivity index (χ1n) is 11.8. The third kappa shape index (κ3) is 7.72. The molecule has 0 bridgehead atoms. The van der Waals surface area contributed by atoms with Crippen molar-refractivity contribution < 1.29 is 4.79 Å². The number of primary amides is 1. The maximum atomic E-state index is 11.5. The normalized spacial score (nSPS) is 25.2. The molecule has 172 valence electrons. The lowest BCUT2D eigenvalue weighted by Crippen LogP contribution is -2.45. The molecule has 7 heteroatoms. The van der Waals surface area contributed by atoms with Crippen molar-refractivity contribution >= 4 is 23.6 Å². The van der Waals surface area contributed by atoms with E-state index in [2.05, 4.69) is 63.5 Å². The number of thioether (sulfide) groups is 1. The minimum Gasteiger partial charge on any atom is -0.369 e. The van der Waals surface area contributed by atoms with Gasteiger partial charge in [0.2, 0.25) is 5.91 Å². The Morgan fingerprint density at radius 3 is 2.87 bits per heavy atom. The highest BCUT2D eigenvalue weighted by molar-refractivity contribution is 7.99. The Labute approximate surface area is 191 Å².